The summed E-state index contributed by atoms with van der Waals surface area (Å²) in [6.45, 7) is 1.54. The summed E-state index contributed by atoms with van der Waals surface area (Å²) in [4.78, 5) is 15.1. The number of likely N-dealkylation sites (tertiary alicyclic amines) is 1. The van der Waals surface area contributed by atoms with Crippen LogP contribution in [0.15, 0.2) is 0 Å². The molecule has 1 heterocycles. The van der Waals surface area contributed by atoms with Crippen molar-refractivity contribution in [1.82, 2.24) is 9.80 Å². The average molecular weight is 198 g/mol. The van der Waals surface area contributed by atoms with E-state index in [0.717, 1.165) is 12.8 Å². The topological polar surface area (TPSA) is 43.8 Å². The van der Waals surface area contributed by atoms with Crippen LogP contribution in [0, 0.1) is 5.92 Å². The summed E-state index contributed by atoms with van der Waals surface area (Å²) in [5.74, 6) is 0.589. The number of β-amino-alcohol motifs (C(OH)–C–C–N with tert-alkyl or cyclic N) is 1. The first kappa shape index (κ1) is 9.93. The third-order valence-electron chi connectivity index (χ3n) is 3.07. The van der Waals surface area contributed by atoms with E-state index in [2.05, 4.69) is 0 Å². The molecular weight excluding hydrogens is 180 g/mol. The number of carbonyl (C=O) groups is 1. The first-order chi connectivity index (χ1) is 6.51. The van der Waals surface area contributed by atoms with Crippen molar-refractivity contribution in [3.63, 3.8) is 0 Å². The number of amides is 1. The van der Waals surface area contributed by atoms with Crippen LogP contribution in [0.5, 0.6) is 0 Å². The number of nitrogens with zero attached hydrogens (tertiary/aromatic N) is 2. The van der Waals surface area contributed by atoms with Gasteiger partial charge in [0, 0.05) is 0 Å². The van der Waals surface area contributed by atoms with Crippen LogP contribution in [-0.2, 0) is 4.79 Å². The maximum atomic E-state index is 11.5. The molecule has 2 aliphatic rings. The normalized spacial score (nSPS) is 25.0. The van der Waals surface area contributed by atoms with Gasteiger partial charge in [-0.05, 0) is 32.9 Å². The fourth-order valence-electron chi connectivity index (χ4n) is 2.04. The summed E-state index contributed by atoms with van der Waals surface area (Å²) in [5.41, 5.74) is -0.540. The van der Waals surface area contributed by atoms with Gasteiger partial charge in [-0.25, -0.2) is 0 Å². The fourth-order valence-corrected chi connectivity index (χ4v) is 2.04. The van der Waals surface area contributed by atoms with Gasteiger partial charge in [0.15, 0.2) is 0 Å². The third-order valence-corrected chi connectivity index (χ3v) is 3.07. The molecule has 0 radical (unpaired) electrons. The molecule has 0 atom stereocenters. The van der Waals surface area contributed by atoms with Crippen molar-refractivity contribution < 1.29 is 9.90 Å². The standard InChI is InChI=1S/C10H18N2O2/c1-11(2)5-9(13)12-6-10(14,7-12)8-3-4-8/h8,14H,3-7H2,1-2H3. The second-order valence-electron chi connectivity index (χ2n) is 4.87. The molecule has 1 amide bonds. The smallest absolute Gasteiger partial charge is 0.236 e. The van der Waals surface area contributed by atoms with Gasteiger partial charge in [-0.3, -0.25) is 4.79 Å². The first-order valence-corrected chi connectivity index (χ1v) is 5.16. The minimum Gasteiger partial charge on any atom is -0.386 e. The largest absolute Gasteiger partial charge is 0.386 e. The quantitative estimate of drug-likeness (QED) is 0.667. The molecule has 0 unspecified atom stereocenters. The highest BCUT2D eigenvalue weighted by Crippen LogP contribution is 2.44. The van der Waals surface area contributed by atoms with E-state index >= 15 is 0 Å². The van der Waals surface area contributed by atoms with Crippen molar-refractivity contribution in [1.29, 1.82) is 0 Å². The van der Waals surface area contributed by atoms with Gasteiger partial charge in [0.25, 0.3) is 0 Å². The van der Waals surface area contributed by atoms with E-state index in [1.54, 1.807) is 4.90 Å². The van der Waals surface area contributed by atoms with Crippen LogP contribution < -0.4 is 0 Å². The van der Waals surface area contributed by atoms with E-state index in [1.807, 2.05) is 19.0 Å². The van der Waals surface area contributed by atoms with E-state index in [0.29, 0.717) is 25.6 Å². The number of rotatable bonds is 3. The monoisotopic (exact) mass is 198 g/mol. The highest BCUT2D eigenvalue weighted by molar-refractivity contribution is 5.79. The second kappa shape index (κ2) is 3.21. The van der Waals surface area contributed by atoms with Gasteiger partial charge in [-0.15, -0.1) is 0 Å². The molecule has 1 saturated heterocycles. The van der Waals surface area contributed by atoms with Crippen molar-refractivity contribution in [3.05, 3.63) is 0 Å². The van der Waals surface area contributed by atoms with Crippen LogP contribution in [0.3, 0.4) is 0 Å². The zero-order valence-corrected chi connectivity index (χ0v) is 8.86. The summed E-state index contributed by atoms with van der Waals surface area (Å²) in [7, 11) is 3.76. The Hall–Kier alpha value is -0.610. The molecule has 2 rings (SSSR count). The number of likely N-dealkylation sites (N-methyl/N-ethyl adjacent to an activating group) is 1. The van der Waals surface area contributed by atoms with Gasteiger partial charge < -0.3 is 14.9 Å². The van der Waals surface area contributed by atoms with Crippen molar-refractivity contribution >= 4 is 5.91 Å². The number of hydrogen-bond acceptors (Lipinski definition) is 3. The van der Waals surface area contributed by atoms with Crippen molar-refractivity contribution in [2.45, 2.75) is 18.4 Å². The van der Waals surface area contributed by atoms with E-state index in [1.165, 1.54) is 0 Å². The fraction of sp³-hybridized carbons (Fsp3) is 0.900. The first-order valence-electron chi connectivity index (χ1n) is 5.16. The van der Waals surface area contributed by atoms with E-state index in [-0.39, 0.29) is 5.91 Å². The minimum absolute atomic E-state index is 0.125. The minimum atomic E-state index is -0.540. The molecule has 1 saturated carbocycles. The molecule has 0 aromatic heterocycles. The Morgan fingerprint density at radius 1 is 1.50 bits per heavy atom. The van der Waals surface area contributed by atoms with Gasteiger partial charge in [0.1, 0.15) is 5.60 Å². The van der Waals surface area contributed by atoms with Crippen LogP contribution in [0.1, 0.15) is 12.8 Å². The third kappa shape index (κ3) is 1.77. The van der Waals surface area contributed by atoms with E-state index in [9.17, 15) is 9.90 Å². The lowest BCUT2D eigenvalue weighted by molar-refractivity contribution is -0.159. The maximum absolute atomic E-state index is 11.5. The van der Waals surface area contributed by atoms with Gasteiger partial charge in [-0.1, -0.05) is 0 Å². The molecule has 14 heavy (non-hydrogen) atoms. The predicted octanol–water partition coefficient (Wildman–Crippen LogP) is -0.469. The van der Waals surface area contributed by atoms with Crippen molar-refractivity contribution in [3.8, 4) is 0 Å². The summed E-state index contributed by atoms with van der Waals surface area (Å²) in [6.07, 6.45) is 2.26. The Morgan fingerprint density at radius 3 is 2.50 bits per heavy atom. The Morgan fingerprint density at radius 2 is 2.07 bits per heavy atom. The Balaban J connectivity index is 1.78. The summed E-state index contributed by atoms with van der Waals surface area (Å²) in [6, 6.07) is 0. The van der Waals surface area contributed by atoms with Crippen LogP contribution in [-0.4, -0.2) is 60.1 Å². The molecule has 4 nitrogen and oxygen atoms in total. The summed E-state index contributed by atoms with van der Waals surface area (Å²) in [5, 5.41) is 10.00. The average Bonchev–Trinajstić information content (AvgIpc) is 2.78. The summed E-state index contributed by atoms with van der Waals surface area (Å²) < 4.78 is 0. The molecule has 0 bridgehead atoms. The Kier molecular flexibility index (Phi) is 2.27. The molecule has 1 aliphatic carbocycles. The van der Waals surface area contributed by atoms with E-state index in [4.69, 9.17) is 0 Å². The molecule has 2 fully saturated rings. The van der Waals surface area contributed by atoms with Gasteiger partial charge in [-0.2, -0.15) is 0 Å². The van der Waals surface area contributed by atoms with Crippen LogP contribution >= 0.6 is 0 Å². The number of aliphatic hydroxyl groups is 1. The maximum Gasteiger partial charge on any atom is 0.236 e. The second-order valence-corrected chi connectivity index (χ2v) is 4.87. The lowest BCUT2D eigenvalue weighted by Gasteiger charge is -2.47. The number of carbonyl (C=O) groups excluding carboxylic acids is 1. The highest BCUT2D eigenvalue weighted by Gasteiger charge is 2.53. The zero-order valence-electron chi connectivity index (χ0n) is 8.86. The van der Waals surface area contributed by atoms with Crippen LogP contribution in [0.4, 0.5) is 0 Å². The molecular formula is C10H18N2O2. The molecule has 1 aliphatic heterocycles. The van der Waals surface area contributed by atoms with Crippen molar-refractivity contribution in [2.24, 2.45) is 5.92 Å². The van der Waals surface area contributed by atoms with Gasteiger partial charge in [0.2, 0.25) is 5.91 Å². The molecule has 4 heteroatoms. The lowest BCUT2D eigenvalue weighted by Crippen LogP contribution is -2.65. The number of hydrogen-bond donors (Lipinski definition) is 1. The van der Waals surface area contributed by atoms with Crippen molar-refractivity contribution in [2.75, 3.05) is 33.7 Å². The molecule has 0 aromatic rings. The summed E-state index contributed by atoms with van der Waals surface area (Å²) >= 11 is 0. The molecule has 0 spiro atoms. The molecule has 0 aromatic carbocycles. The van der Waals surface area contributed by atoms with Gasteiger partial charge in [0.05, 0.1) is 19.6 Å². The Bertz CT molecular complexity index is 243. The van der Waals surface area contributed by atoms with E-state index < -0.39 is 5.60 Å². The zero-order chi connectivity index (χ0) is 10.3. The lowest BCUT2D eigenvalue weighted by atomic mass is 9.88. The highest BCUT2D eigenvalue weighted by atomic mass is 16.3. The SMILES string of the molecule is CN(C)CC(=O)N1CC(O)(C2CC2)C1. The molecule has 80 valence electrons. The van der Waals surface area contributed by atoms with Gasteiger partial charge >= 0.3 is 0 Å². The van der Waals surface area contributed by atoms with Crippen LogP contribution in [0.2, 0.25) is 0 Å². The Labute approximate surface area is 84.5 Å². The molecule has 1 N–H and O–H groups in total. The van der Waals surface area contributed by atoms with Crippen LogP contribution in [0.25, 0.3) is 0 Å². The predicted molar refractivity (Wildman–Crippen MR) is 52.8 cm³/mol.